The average molecular weight is 297 g/mol. The number of aryl methyl sites for hydroxylation is 1. The molecule has 0 radical (unpaired) electrons. The van der Waals surface area contributed by atoms with Gasteiger partial charge in [0, 0.05) is 0 Å². The van der Waals surface area contributed by atoms with E-state index >= 15 is 0 Å². The Morgan fingerprint density at radius 1 is 1.45 bits per heavy atom. The Morgan fingerprint density at radius 3 is 2.90 bits per heavy atom. The van der Waals surface area contributed by atoms with Crippen LogP contribution in [0.1, 0.15) is 24.8 Å². The fourth-order valence-corrected chi connectivity index (χ4v) is 2.50. The standard InChI is InChI=1S/C15H21ClN2O2/c1-11-2-3-14(13(16)10-11)18-15(19)6-9-20-12-4-7-17-8-5-12/h2-3,10,12,17H,4-9H2,1H3,(H,18,19). The van der Waals surface area contributed by atoms with Crippen molar-refractivity contribution < 1.29 is 9.53 Å². The first-order valence-electron chi connectivity index (χ1n) is 7.03. The van der Waals surface area contributed by atoms with Gasteiger partial charge in [-0.1, -0.05) is 17.7 Å². The zero-order valence-corrected chi connectivity index (χ0v) is 12.5. The van der Waals surface area contributed by atoms with Crippen LogP contribution in [0.15, 0.2) is 18.2 Å². The van der Waals surface area contributed by atoms with Gasteiger partial charge in [0.15, 0.2) is 0 Å². The summed E-state index contributed by atoms with van der Waals surface area (Å²) in [6.07, 6.45) is 2.68. The molecular formula is C15H21ClN2O2. The van der Waals surface area contributed by atoms with Gasteiger partial charge >= 0.3 is 0 Å². The predicted octanol–water partition coefficient (Wildman–Crippen LogP) is 2.75. The van der Waals surface area contributed by atoms with Gasteiger partial charge in [-0.05, 0) is 50.6 Å². The van der Waals surface area contributed by atoms with Crippen molar-refractivity contribution in [2.75, 3.05) is 25.0 Å². The number of nitrogens with one attached hydrogen (secondary N) is 2. The van der Waals surface area contributed by atoms with Crippen molar-refractivity contribution in [3.8, 4) is 0 Å². The Bertz CT molecular complexity index is 459. The Morgan fingerprint density at radius 2 is 2.20 bits per heavy atom. The molecule has 2 N–H and O–H groups in total. The molecule has 1 amide bonds. The summed E-state index contributed by atoms with van der Waals surface area (Å²) in [5, 5.41) is 6.66. The lowest BCUT2D eigenvalue weighted by molar-refractivity contribution is -0.117. The SMILES string of the molecule is Cc1ccc(NC(=O)CCOC2CCNCC2)c(Cl)c1. The van der Waals surface area contributed by atoms with E-state index in [4.69, 9.17) is 16.3 Å². The molecule has 1 heterocycles. The van der Waals surface area contributed by atoms with Crippen LogP contribution in [0.25, 0.3) is 0 Å². The number of hydrogen-bond acceptors (Lipinski definition) is 3. The fourth-order valence-electron chi connectivity index (χ4n) is 2.21. The van der Waals surface area contributed by atoms with Gasteiger partial charge < -0.3 is 15.4 Å². The quantitative estimate of drug-likeness (QED) is 0.878. The highest BCUT2D eigenvalue weighted by Crippen LogP contribution is 2.22. The van der Waals surface area contributed by atoms with Crippen LogP contribution >= 0.6 is 11.6 Å². The molecule has 1 aliphatic heterocycles. The topological polar surface area (TPSA) is 50.4 Å². The second-order valence-corrected chi connectivity index (χ2v) is 5.51. The smallest absolute Gasteiger partial charge is 0.226 e. The summed E-state index contributed by atoms with van der Waals surface area (Å²) in [4.78, 5) is 11.8. The number of rotatable bonds is 5. The zero-order valence-electron chi connectivity index (χ0n) is 11.7. The normalized spacial score (nSPS) is 16.1. The lowest BCUT2D eigenvalue weighted by atomic mass is 10.1. The number of benzene rings is 1. The van der Waals surface area contributed by atoms with Gasteiger partial charge in [0.1, 0.15) is 0 Å². The molecule has 0 aliphatic carbocycles. The summed E-state index contributed by atoms with van der Waals surface area (Å²) < 4.78 is 5.71. The molecule has 20 heavy (non-hydrogen) atoms. The van der Waals surface area contributed by atoms with Gasteiger partial charge in [0.25, 0.3) is 0 Å². The first-order valence-corrected chi connectivity index (χ1v) is 7.41. The summed E-state index contributed by atoms with van der Waals surface area (Å²) >= 11 is 6.08. The minimum absolute atomic E-state index is 0.0651. The van der Waals surface area contributed by atoms with Crippen molar-refractivity contribution in [2.45, 2.75) is 32.3 Å². The molecule has 0 atom stereocenters. The van der Waals surface area contributed by atoms with E-state index < -0.39 is 0 Å². The maximum Gasteiger partial charge on any atom is 0.226 e. The van der Waals surface area contributed by atoms with Crippen molar-refractivity contribution in [1.29, 1.82) is 0 Å². The van der Waals surface area contributed by atoms with E-state index in [2.05, 4.69) is 10.6 Å². The van der Waals surface area contributed by atoms with Crippen LogP contribution in [0.5, 0.6) is 0 Å². The lowest BCUT2D eigenvalue weighted by Gasteiger charge is -2.22. The number of carbonyl (C=O) groups excluding carboxylic acids is 1. The number of amides is 1. The Kier molecular flexibility index (Phi) is 5.83. The number of halogens is 1. The molecule has 4 nitrogen and oxygen atoms in total. The average Bonchev–Trinajstić information content (AvgIpc) is 2.43. The summed E-state index contributed by atoms with van der Waals surface area (Å²) in [5.74, 6) is -0.0651. The van der Waals surface area contributed by atoms with Gasteiger partial charge in [-0.2, -0.15) is 0 Å². The van der Waals surface area contributed by atoms with E-state index in [1.165, 1.54) is 0 Å². The maximum absolute atomic E-state index is 11.8. The third-order valence-corrected chi connectivity index (χ3v) is 3.68. The molecule has 110 valence electrons. The molecular weight excluding hydrogens is 276 g/mol. The molecule has 0 spiro atoms. The van der Waals surface area contributed by atoms with Gasteiger partial charge in [0.2, 0.25) is 5.91 Å². The van der Waals surface area contributed by atoms with Crippen molar-refractivity contribution in [2.24, 2.45) is 0 Å². The lowest BCUT2D eigenvalue weighted by Crippen LogP contribution is -2.33. The second-order valence-electron chi connectivity index (χ2n) is 5.10. The highest BCUT2D eigenvalue weighted by molar-refractivity contribution is 6.33. The van der Waals surface area contributed by atoms with Crippen molar-refractivity contribution >= 4 is 23.2 Å². The monoisotopic (exact) mass is 296 g/mol. The Balaban J connectivity index is 1.72. The van der Waals surface area contributed by atoms with E-state index in [1.807, 2.05) is 25.1 Å². The highest BCUT2D eigenvalue weighted by Gasteiger charge is 2.14. The molecule has 2 rings (SSSR count). The van der Waals surface area contributed by atoms with E-state index in [1.54, 1.807) is 0 Å². The highest BCUT2D eigenvalue weighted by atomic mass is 35.5. The summed E-state index contributed by atoms with van der Waals surface area (Å²) in [6, 6.07) is 5.58. The third-order valence-electron chi connectivity index (χ3n) is 3.37. The zero-order chi connectivity index (χ0) is 14.4. The Labute approximate surface area is 124 Å². The Hall–Kier alpha value is -1.10. The van der Waals surface area contributed by atoms with E-state index in [0.29, 0.717) is 23.7 Å². The van der Waals surface area contributed by atoms with Crippen LogP contribution < -0.4 is 10.6 Å². The van der Waals surface area contributed by atoms with Gasteiger partial charge in [-0.15, -0.1) is 0 Å². The predicted molar refractivity (Wildman–Crippen MR) is 81.3 cm³/mol. The molecule has 1 aromatic carbocycles. The first kappa shape index (κ1) is 15.3. The van der Waals surface area contributed by atoms with E-state index in [-0.39, 0.29) is 12.0 Å². The third kappa shape index (κ3) is 4.78. The molecule has 1 saturated heterocycles. The van der Waals surface area contributed by atoms with Crippen LogP contribution in [0.3, 0.4) is 0 Å². The number of piperidine rings is 1. The largest absolute Gasteiger partial charge is 0.378 e. The van der Waals surface area contributed by atoms with Crippen molar-refractivity contribution in [3.63, 3.8) is 0 Å². The molecule has 1 aliphatic rings. The van der Waals surface area contributed by atoms with Crippen molar-refractivity contribution in [3.05, 3.63) is 28.8 Å². The first-order chi connectivity index (χ1) is 9.65. The second kappa shape index (κ2) is 7.62. The van der Waals surface area contributed by atoms with Crippen molar-refractivity contribution in [1.82, 2.24) is 5.32 Å². The minimum Gasteiger partial charge on any atom is -0.378 e. The molecule has 0 saturated carbocycles. The maximum atomic E-state index is 11.8. The summed E-state index contributed by atoms with van der Waals surface area (Å²) in [7, 11) is 0. The molecule has 0 unspecified atom stereocenters. The number of ether oxygens (including phenoxy) is 1. The summed E-state index contributed by atoms with van der Waals surface area (Å²) in [5.41, 5.74) is 1.73. The van der Waals surface area contributed by atoms with Gasteiger partial charge in [0.05, 0.1) is 29.8 Å². The van der Waals surface area contributed by atoms with Crippen LogP contribution in [-0.2, 0) is 9.53 Å². The van der Waals surface area contributed by atoms with Crippen LogP contribution in [0.2, 0.25) is 5.02 Å². The van der Waals surface area contributed by atoms with Gasteiger partial charge in [-0.25, -0.2) is 0 Å². The van der Waals surface area contributed by atoms with Gasteiger partial charge in [-0.3, -0.25) is 4.79 Å². The van der Waals surface area contributed by atoms with Crippen LogP contribution in [0.4, 0.5) is 5.69 Å². The molecule has 1 fully saturated rings. The number of anilines is 1. The van der Waals surface area contributed by atoms with Crippen LogP contribution in [-0.4, -0.2) is 31.7 Å². The molecule has 0 bridgehead atoms. The number of carbonyl (C=O) groups is 1. The van der Waals surface area contributed by atoms with E-state index in [0.717, 1.165) is 31.5 Å². The fraction of sp³-hybridized carbons (Fsp3) is 0.533. The summed E-state index contributed by atoms with van der Waals surface area (Å²) in [6.45, 7) is 4.41. The minimum atomic E-state index is -0.0651. The molecule has 5 heteroatoms. The molecule has 1 aromatic rings. The van der Waals surface area contributed by atoms with Crippen LogP contribution in [0, 0.1) is 6.92 Å². The molecule has 0 aromatic heterocycles. The van der Waals surface area contributed by atoms with E-state index in [9.17, 15) is 4.79 Å². The number of hydrogen-bond donors (Lipinski definition) is 2.